The first kappa shape index (κ1) is 18.7. The zero-order valence-corrected chi connectivity index (χ0v) is 15.6. The molecule has 0 unspecified atom stereocenters. The van der Waals surface area contributed by atoms with Crippen molar-refractivity contribution < 1.29 is 14.4 Å². The number of carbonyl (C=O) groups excluding carboxylic acids is 3. The molecule has 142 valence electrons. The van der Waals surface area contributed by atoms with Crippen molar-refractivity contribution >= 4 is 17.7 Å². The zero-order valence-electron chi connectivity index (χ0n) is 15.6. The highest BCUT2D eigenvalue weighted by atomic mass is 16.2. The molecule has 1 aliphatic rings. The van der Waals surface area contributed by atoms with Crippen LogP contribution in [0.15, 0.2) is 36.5 Å². The van der Waals surface area contributed by atoms with E-state index in [0.29, 0.717) is 42.8 Å². The fourth-order valence-corrected chi connectivity index (χ4v) is 3.27. The quantitative estimate of drug-likeness (QED) is 0.855. The van der Waals surface area contributed by atoms with Crippen LogP contribution in [0, 0.1) is 6.92 Å². The molecule has 1 fully saturated rings. The summed E-state index contributed by atoms with van der Waals surface area (Å²) in [5.41, 5.74) is 7.78. The maximum absolute atomic E-state index is 12.7. The summed E-state index contributed by atoms with van der Waals surface area (Å²) >= 11 is 0. The lowest BCUT2D eigenvalue weighted by molar-refractivity contribution is 0.0689. The van der Waals surface area contributed by atoms with Crippen LogP contribution in [0.2, 0.25) is 0 Å². The minimum atomic E-state index is -0.554. The van der Waals surface area contributed by atoms with E-state index < -0.39 is 5.91 Å². The molecule has 0 radical (unpaired) electrons. The molecule has 3 rings (SSSR count). The first-order valence-electron chi connectivity index (χ1n) is 8.98. The largest absolute Gasteiger partial charge is 0.366 e. The Labute approximate surface area is 158 Å². The Hall–Kier alpha value is -3.09. The highest BCUT2D eigenvalue weighted by molar-refractivity contribution is 5.99. The number of hydrogen-bond donors (Lipinski definition) is 2. The number of aromatic nitrogens is 1. The average Bonchev–Trinajstić information content (AvgIpc) is 3.04. The van der Waals surface area contributed by atoms with Gasteiger partial charge < -0.3 is 20.5 Å². The molecule has 0 bridgehead atoms. The standard InChI is InChI=1S/C20H24N4O3/c1-13-3-5-14(6-4-13)19(26)22-16-7-9-24(10-8-16)20(27)17-11-15(18(21)25)12-23(17)2/h3-6,11-12,16H,7-10H2,1-2H3,(H2,21,25)(H,22,26). The van der Waals surface area contributed by atoms with E-state index >= 15 is 0 Å². The number of hydrogen-bond acceptors (Lipinski definition) is 3. The molecule has 0 atom stereocenters. The number of aryl methyl sites for hydroxylation is 2. The molecule has 1 aromatic heterocycles. The van der Waals surface area contributed by atoms with Gasteiger partial charge in [0.25, 0.3) is 11.8 Å². The SMILES string of the molecule is Cc1ccc(C(=O)NC2CCN(C(=O)c3cc(C(N)=O)cn3C)CC2)cc1. The molecule has 2 aromatic rings. The number of nitrogens with one attached hydrogen (secondary N) is 1. The molecule has 2 heterocycles. The van der Waals surface area contributed by atoms with Crippen molar-refractivity contribution in [3.8, 4) is 0 Å². The van der Waals surface area contributed by atoms with Gasteiger partial charge in [-0.05, 0) is 38.0 Å². The van der Waals surface area contributed by atoms with E-state index in [0.717, 1.165) is 5.56 Å². The van der Waals surface area contributed by atoms with Crippen LogP contribution in [0.3, 0.4) is 0 Å². The van der Waals surface area contributed by atoms with E-state index in [1.165, 1.54) is 6.07 Å². The maximum Gasteiger partial charge on any atom is 0.270 e. The first-order chi connectivity index (χ1) is 12.8. The van der Waals surface area contributed by atoms with Crippen molar-refractivity contribution in [2.45, 2.75) is 25.8 Å². The second kappa shape index (κ2) is 7.65. The van der Waals surface area contributed by atoms with Crippen LogP contribution in [-0.2, 0) is 7.05 Å². The molecule has 27 heavy (non-hydrogen) atoms. The Balaban J connectivity index is 1.57. The maximum atomic E-state index is 12.7. The summed E-state index contributed by atoms with van der Waals surface area (Å²) in [6, 6.07) is 9.02. The lowest BCUT2D eigenvalue weighted by Gasteiger charge is -2.32. The number of benzene rings is 1. The molecule has 7 nitrogen and oxygen atoms in total. The predicted octanol–water partition coefficient (Wildman–Crippen LogP) is 1.47. The monoisotopic (exact) mass is 368 g/mol. The number of carbonyl (C=O) groups is 3. The summed E-state index contributed by atoms with van der Waals surface area (Å²) in [6.45, 7) is 3.08. The highest BCUT2D eigenvalue weighted by Gasteiger charge is 2.26. The summed E-state index contributed by atoms with van der Waals surface area (Å²) in [5.74, 6) is -0.774. The van der Waals surface area contributed by atoms with E-state index in [-0.39, 0.29) is 17.9 Å². The van der Waals surface area contributed by atoms with Gasteiger partial charge >= 0.3 is 0 Å². The Kier molecular flexibility index (Phi) is 5.30. The Morgan fingerprint density at radius 2 is 1.70 bits per heavy atom. The first-order valence-corrected chi connectivity index (χ1v) is 8.98. The Bertz CT molecular complexity index is 862. The second-order valence-electron chi connectivity index (χ2n) is 7.00. The molecular weight excluding hydrogens is 344 g/mol. The van der Waals surface area contributed by atoms with Crippen LogP contribution >= 0.6 is 0 Å². The fourth-order valence-electron chi connectivity index (χ4n) is 3.27. The number of piperidine rings is 1. The van der Waals surface area contributed by atoms with Gasteiger partial charge in [0.1, 0.15) is 5.69 Å². The minimum absolute atomic E-state index is 0.0393. The molecule has 0 saturated carbocycles. The third-order valence-electron chi connectivity index (χ3n) is 4.94. The van der Waals surface area contributed by atoms with Crippen LogP contribution < -0.4 is 11.1 Å². The van der Waals surface area contributed by atoms with Gasteiger partial charge in [0.2, 0.25) is 5.91 Å². The van der Waals surface area contributed by atoms with Crippen molar-refractivity contribution in [1.82, 2.24) is 14.8 Å². The van der Waals surface area contributed by atoms with Crippen molar-refractivity contribution in [3.63, 3.8) is 0 Å². The lowest BCUT2D eigenvalue weighted by atomic mass is 10.0. The van der Waals surface area contributed by atoms with Crippen LogP contribution in [0.4, 0.5) is 0 Å². The van der Waals surface area contributed by atoms with E-state index in [4.69, 9.17) is 5.73 Å². The number of amides is 3. The van der Waals surface area contributed by atoms with Crippen molar-refractivity contribution in [1.29, 1.82) is 0 Å². The molecule has 3 N–H and O–H groups in total. The molecule has 1 aliphatic heterocycles. The van der Waals surface area contributed by atoms with Crippen molar-refractivity contribution in [2.24, 2.45) is 12.8 Å². The third kappa shape index (κ3) is 4.19. The number of nitrogens with zero attached hydrogens (tertiary/aromatic N) is 2. The summed E-state index contributed by atoms with van der Waals surface area (Å²) in [7, 11) is 1.72. The molecule has 1 aromatic carbocycles. The van der Waals surface area contributed by atoms with E-state index in [1.54, 1.807) is 22.7 Å². The fraction of sp³-hybridized carbons (Fsp3) is 0.350. The summed E-state index contributed by atoms with van der Waals surface area (Å²) in [4.78, 5) is 38.1. The topological polar surface area (TPSA) is 97.4 Å². The van der Waals surface area contributed by atoms with Gasteiger partial charge in [0.05, 0.1) is 5.56 Å². The molecular formula is C20H24N4O3. The minimum Gasteiger partial charge on any atom is -0.366 e. The number of primary amides is 1. The van der Waals surface area contributed by atoms with Crippen molar-refractivity contribution in [2.75, 3.05) is 13.1 Å². The van der Waals surface area contributed by atoms with Crippen LogP contribution in [0.5, 0.6) is 0 Å². The van der Waals surface area contributed by atoms with Gasteiger partial charge in [-0.25, -0.2) is 0 Å². The van der Waals surface area contributed by atoms with Gasteiger partial charge in [-0.15, -0.1) is 0 Å². The van der Waals surface area contributed by atoms with E-state index in [9.17, 15) is 14.4 Å². The zero-order chi connectivity index (χ0) is 19.6. The highest BCUT2D eigenvalue weighted by Crippen LogP contribution is 2.16. The second-order valence-corrected chi connectivity index (χ2v) is 7.00. The lowest BCUT2D eigenvalue weighted by Crippen LogP contribution is -2.46. The van der Waals surface area contributed by atoms with Crippen LogP contribution in [0.1, 0.15) is 49.6 Å². The van der Waals surface area contributed by atoms with Crippen molar-refractivity contribution in [3.05, 3.63) is 58.9 Å². The molecule has 0 spiro atoms. The normalized spacial score (nSPS) is 14.8. The smallest absolute Gasteiger partial charge is 0.270 e. The number of rotatable bonds is 4. The van der Waals surface area contributed by atoms with Crippen LogP contribution in [0.25, 0.3) is 0 Å². The molecule has 7 heteroatoms. The molecule has 3 amide bonds. The van der Waals surface area contributed by atoms with Gasteiger partial charge in [0, 0.05) is 37.9 Å². The van der Waals surface area contributed by atoms with Gasteiger partial charge in [-0.3, -0.25) is 14.4 Å². The van der Waals surface area contributed by atoms with Gasteiger partial charge in [-0.1, -0.05) is 17.7 Å². The Morgan fingerprint density at radius 1 is 1.07 bits per heavy atom. The predicted molar refractivity (Wildman–Crippen MR) is 102 cm³/mol. The number of nitrogens with two attached hydrogens (primary N) is 1. The third-order valence-corrected chi connectivity index (χ3v) is 4.94. The van der Waals surface area contributed by atoms with Gasteiger partial charge in [-0.2, -0.15) is 0 Å². The van der Waals surface area contributed by atoms with E-state index in [2.05, 4.69) is 5.32 Å². The number of likely N-dealkylation sites (tertiary alicyclic amines) is 1. The summed E-state index contributed by atoms with van der Waals surface area (Å²) < 4.78 is 1.62. The molecule has 0 aliphatic carbocycles. The van der Waals surface area contributed by atoms with Crippen LogP contribution in [-0.4, -0.2) is 46.3 Å². The average molecular weight is 368 g/mol. The Morgan fingerprint density at radius 3 is 2.26 bits per heavy atom. The molecule has 1 saturated heterocycles. The van der Waals surface area contributed by atoms with E-state index in [1.807, 2.05) is 31.2 Å². The summed E-state index contributed by atoms with van der Waals surface area (Å²) in [6.07, 6.45) is 2.94. The van der Waals surface area contributed by atoms with Gasteiger partial charge in [0.15, 0.2) is 0 Å². The summed E-state index contributed by atoms with van der Waals surface area (Å²) in [5, 5.41) is 3.04.